The quantitative estimate of drug-likeness (QED) is 0.582. The Bertz CT molecular complexity index is 543. The summed E-state index contributed by atoms with van der Waals surface area (Å²) in [4.78, 5) is 1.27. The second-order valence-electron chi connectivity index (χ2n) is 4.38. The molecule has 0 amide bonds. The molecule has 0 aromatic heterocycles. The lowest BCUT2D eigenvalue weighted by Gasteiger charge is -2.12. The highest BCUT2D eigenvalue weighted by atomic mass is 32.2. The molecule has 0 heterocycles. The summed E-state index contributed by atoms with van der Waals surface area (Å²) in [5.74, 6) is 1.59. The van der Waals surface area contributed by atoms with Crippen LogP contribution in [0.3, 0.4) is 0 Å². The molecule has 0 fully saturated rings. The van der Waals surface area contributed by atoms with E-state index >= 15 is 0 Å². The molecule has 0 unspecified atom stereocenters. The highest BCUT2D eigenvalue weighted by Crippen LogP contribution is 2.26. The summed E-state index contributed by atoms with van der Waals surface area (Å²) in [6.45, 7) is 3.95. The van der Waals surface area contributed by atoms with Crippen molar-refractivity contribution in [2.45, 2.75) is 11.8 Å². The summed E-state index contributed by atoms with van der Waals surface area (Å²) in [7, 11) is 0. The van der Waals surface area contributed by atoms with Gasteiger partial charge in [-0.15, -0.1) is 11.8 Å². The second-order valence-corrected chi connectivity index (χ2v) is 5.26. The number of para-hydroxylation sites is 2. The van der Waals surface area contributed by atoms with Gasteiger partial charge in [0.15, 0.2) is 11.5 Å². The topological polar surface area (TPSA) is 30.5 Å². The molecule has 0 saturated carbocycles. The third-order valence-corrected chi connectivity index (χ3v) is 3.67. The Kier molecular flexibility index (Phi) is 6.28. The molecule has 3 nitrogen and oxygen atoms in total. The normalized spacial score (nSPS) is 10.2. The molecule has 4 heteroatoms. The first kappa shape index (κ1) is 15.6. The predicted octanol–water partition coefficient (Wildman–Crippen LogP) is 4.30. The van der Waals surface area contributed by atoms with Crippen LogP contribution in [0.4, 0.5) is 5.69 Å². The molecule has 1 N–H and O–H groups in total. The second kappa shape index (κ2) is 8.47. The predicted molar refractivity (Wildman–Crippen MR) is 89.8 cm³/mol. The van der Waals surface area contributed by atoms with Crippen molar-refractivity contribution in [3.63, 3.8) is 0 Å². The largest absolute Gasteiger partial charge is 0.490 e. The standard InChI is InChI=1S/C17H21NO2S/c1-3-19-16-6-4-5-7-17(16)20-13-12-18-14-8-10-15(21-2)11-9-14/h4-11,18H,3,12-13H2,1-2H3. The third kappa shape index (κ3) is 4.90. The van der Waals surface area contributed by atoms with E-state index in [0.29, 0.717) is 13.2 Å². The van der Waals surface area contributed by atoms with E-state index in [1.165, 1.54) is 4.90 Å². The molecule has 2 aromatic carbocycles. The van der Waals surface area contributed by atoms with Crippen molar-refractivity contribution < 1.29 is 9.47 Å². The highest BCUT2D eigenvalue weighted by Gasteiger charge is 2.02. The highest BCUT2D eigenvalue weighted by molar-refractivity contribution is 7.98. The molecule has 0 aliphatic carbocycles. The van der Waals surface area contributed by atoms with Crippen molar-refractivity contribution >= 4 is 17.4 Å². The smallest absolute Gasteiger partial charge is 0.161 e. The first-order chi connectivity index (χ1) is 10.3. The fourth-order valence-corrected chi connectivity index (χ4v) is 2.32. The van der Waals surface area contributed by atoms with Crippen LogP contribution in [-0.4, -0.2) is 26.0 Å². The van der Waals surface area contributed by atoms with Crippen LogP contribution in [-0.2, 0) is 0 Å². The fourth-order valence-electron chi connectivity index (χ4n) is 1.91. The van der Waals surface area contributed by atoms with Crippen molar-refractivity contribution in [2.24, 2.45) is 0 Å². The van der Waals surface area contributed by atoms with Crippen molar-refractivity contribution in [3.05, 3.63) is 48.5 Å². The van der Waals surface area contributed by atoms with E-state index in [1.807, 2.05) is 31.2 Å². The van der Waals surface area contributed by atoms with Gasteiger partial charge in [-0.2, -0.15) is 0 Å². The fraction of sp³-hybridized carbons (Fsp3) is 0.294. The van der Waals surface area contributed by atoms with Crippen LogP contribution in [0.15, 0.2) is 53.4 Å². The molecule has 0 spiro atoms. The zero-order chi connectivity index (χ0) is 14.9. The number of nitrogens with one attached hydrogen (secondary N) is 1. The zero-order valence-corrected chi connectivity index (χ0v) is 13.3. The first-order valence-electron chi connectivity index (χ1n) is 7.06. The lowest BCUT2D eigenvalue weighted by molar-refractivity contribution is 0.284. The molecule has 2 aromatic rings. The van der Waals surface area contributed by atoms with Crippen molar-refractivity contribution in [1.29, 1.82) is 0 Å². The Balaban J connectivity index is 1.79. The molecule has 21 heavy (non-hydrogen) atoms. The minimum absolute atomic E-state index is 0.592. The van der Waals surface area contributed by atoms with E-state index in [0.717, 1.165) is 23.7 Å². The van der Waals surface area contributed by atoms with Crippen LogP contribution in [0, 0.1) is 0 Å². The van der Waals surface area contributed by atoms with Crippen molar-refractivity contribution in [3.8, 4) is 11.5 Å². The Morgan fingerprint density at radius 3 is 2.24 bits per heavy atom. The molecule has 0 aliphatic heterocycles. The molecule has 0 aliphatic rings. The summed E-state index contributed by atoms with van der Waals surface area (Å²) in [6.07, 6.45) is 2.08. The van der Waals surface area contributed by atoms with Crippen LogP contribution in [0.2, 0.25) is 0 Å². The van der Waals surface area contributed by atoms with Crippen LogP contribution in [0.5, 0.6) is 11.5 Å². The number of hydrogen-bond donors (Lipinski definition) is 1. The summed E-state index contributed by atoms with van der Waals surface area (Å²) in [5.41, 5.74) is 1.11. The Hall–Kier alpha value is -1.81. The minimum Gasteiger partial charge on any atom is -0.490 e. The van der Waals surface area contributed by atoms with Crippen LogP contribution in [0.25, 0.3) is 0 Å². The number of anilines is 1. The zero-order valence-electron chi connectivity index (χ0n) is 12.5. The molecule has 2 rings (SSSR count). The van der Waals surface area contributed by atoms with E-state index in [4.69, 9.17) is 9.47 Å². The van der Waals surface area contributed by atoms with Gasteiger partial charge in [-0.05, 0) is 49.6 Å². The third-order valence-electron chi connectivity index (χ3n) is 2.93. The Labute approximate surface area is 130 Å². The molecule has 0 saturated heterocycles. The lowest BCUT2D eigenvalue weighted by Crippen LogP contribution is -2.12. The van der Waals surface area contributed by atoms with E-state index < -0.39 is 0 Å². The van der Waals surface area contributed by atoms with Gasteiger partial charge in [0.2, 0.25) is 0 Å². The van der Waals surface area contributed by atoms with Gasteiger partial charge < -0.3 is 14.8 Å². The van der Waals surface area contributed by atoms with Gasteiger partial charge in [-0.3, -0.25) is 0 Å². The van der Waals surface area contributed by atoms with E-state index in [9.17, 15) is 0 Å². The Morgan fingerprint density at radius 1 is 0.952 bits per heavy atom. The average molecular weight is 303 g/mol. The number of ether oxygens (including phenoxy) is 2. The molecular formula is C17H21NO2S. The van der Waals surface area contributed by atoms with Crippen molar-refractivity contribution in [1.82, 2.24) is 0 Å². The van der Waals surface area contributed by atoms with Gasteiger partial charge in [0.05, 0.1) is 6.61 Å². The summed E-state index contributed by atoms with van der Waals surface area (Å²) in [5, 5.41) is 3.34. The number of hydrogen-bond acceptors (Lipinski definition) is 4. The van der Waals surface area contributed by atoms with Gasteiger partial charge >= 0.3 is 0 Å². The number of benzene rings is 2. The van der Waals surface area contributed by atoms with Gasteiger partial charge in [-0.25, -0.2) is 0 Å². The summed E-state index contributed by atoms with van der Waals surface area (Å²) >= 11 is 1.74. The summed E-state index contributed by atoms with van der Waals surface area (Å²) in [6, 6.07) is 16.1. The van der Waals surface area contributed by atoms with E-state index in [1.54, 1.807) is 11.8 Å². The Morgan fingerprint density at radius 2 is 1.62 bits per heavy atom. The van der Waals surface area contributed by atoms with Gasteiger partial charge in [0.25, 0.3) is 0 Å². The lowest BCUT2D eigenvalue weighted by atomic mass is 10.3. The van der Waals surface area contributed by atoms with Gasteiger partial charge in [0, 0.05) is 17.1 Å². The monoisotopic (exact) mass is 303 g/mol. The van der Waals surface area contributed by atoms with Gasteiger partial charge in [-0.1, -0.05) is 12.1 Å². The van der Waals surface area contributed by atoms with Crippen molar-refractivity contribution in [2.75, 3.05) is 31.3 Å². The van der Waals surface area contributed by atoms with E-state index in [-0.39, 0.29) is 0 Å². The van der Waals surface area contributed by atoms with Crippen LogP contribution in [0.1, 0.15) is 6.92 Å². The maximum Gasteiger partial charge on any atom is 0.161 e. The summed E-state index contributed by atoms with van der Waals surface area (Å²) < 4.78 is 11.3. The molecule has 112 valence electrons. The molecule has 0 atom stereocenters. The van der Waals surface area contributed by atoms with Crippen LogP contribution < -0.4 is 14.8 Å². The molecule has 0 bridgehead atoms. The SMILES string of the molecule is CCOc1ccccc1OCCNc1ccc(SC)cc1. The van der Waals surface area contributed by atoms with E-state index in [2.05, 4.69) is 35.8 Å². The number of rotatable bonds is 8. The minimum atomic E-state index is 0.592. The van der Waals surface area contributed by atoms with Crippen LogP contribution >= 0.6 is 11.8 Å². The van der Waals surface area contributed by atoms with Gasteiger partial charge in [0.1, 0.15) is 6.61 Å². The number of thioether (sulfide) groups is 1. The average Bonchev–Trinajstić information content (AvgIpc) is 2.54. The molecule has 0 radical (unpaired) electrons. The first-order valence-corrected chi connectivity index (χ1v) is 8.28. The molecular weight excluding hydrogens is 282 g/mol. The maximum atomic E-state index is 5.76. The maximum absolute atomic E-state index is 5.76.